The summed E-state index contributed by atoms with van der Waals surface area (Å²) in [7, 11) is 0. The molecule has 1 aromatic carbocycles. The van der Waals surface area contributed by atoms with E-state index in [-0.39, 0.29) is 28.6 Å². The third-order valence-electron chi connectivity index (χ3n) is 4.72. The zero-order valence-electron chi connectivity index (χ0n) is 15.5. The highest BCUT2D eigenvalue weighted by Crippen LogP contribution is 2.42. The maximum atomic E-state index is 12.3. The van der Waals surface area contributed by atoms with Gasteiger partial charge in [-0.25, -0.2) is 4.79 Å². The molecule has 0 amide bonds. The van der Waals surface area contributed by atoms with Gasteiger partial charge in [0.05, 0.1) is 0 Å². The van der Waals surface area contributed by atoms with Crippen molar-refractivity contribution in [3.63, 3.8) is 0 Å². The summed E-state index contributed by atoms with van der Waals surface area (Å²) in [5.41, 5.74) is 0.0600. The second-order valence-corrected chi connectivity index (χ2v) is 7.07. The minimum Gasteiger partial charge on any atom is -0.507 e. The molecule has 138 valence electrons. The molecular weight excluding hydrogens is 336 g/mol. The van der Waals surface area contributed by atoms with Gasteiger partial charge >= 0.3 is 5.97 Å². The summed E-state index contributed by atoms with van der Waals surface area (Å²) >= 11 is 0. The molecule has 1 aromatic heterocycles. The van der Waals surface area contributed by atoms with Crippen LogP contribution in [0.25, 0.3) is 11.0 Å². The molecule has 6 heteroatoms. The van der Waals surface area contributed by atoms with E-state index in [1.165, 1.54) is 6.07 Å². The lowest BCUT2D eigenvalue weighted by Crippen LogP contribution is -2.49. The average Bonchev–Trinajstić information content (AvgIpc) is 2.54. The summed E-state index contributed by atoms with van der Waals surface area (Å²) in [5, 5.41) is 10.8. The van der Waals surface area contributed by atoms with Crippen LogP contribution in [0.4, 0.5) is 0 Å². The lowest BCUT2D eigenvalue weighted by atomic mass is 9.89. The van der Waals surface area contributed by atoms with Gasteiger partial charge in [0.15, 0.2) is 5.43 Å². The molecule has 0 spiro atoms. The number of carbonyl (C=O) groups is 1. The Hall–Kier alpha value is -2.76. The van der Waals surface area contributed by atoms with Gasteiger partial charge in [0.1, 0.15) is 39.9 Å². The first-order chi connectivity index (χ1) is 12.1. The second kappa shape index (κ2) is 6.20. The molecule has 1 atom stereocenters. The van der Waals surface area contributed by atoms with E-state index in [4.69, 9.17) is 13.9 Å². The molecule has 26 heavy (non-hydrogen) atoms. The number of phenolic OH excluding ortho intramolecular Hbond substituents is 1. The van der Waals surface area contributed by atoms with Crippen LogP contribution < -0.4 is 10.2 Å². The lowest BCUT2D eigenvalue weighted by molar-refractivity contribution is -0.156. The molecule has 0 unspecified atom stereocenters. The van der Waals surface area contributed by atoms with Gasteiger partial charge in [0.25, 0.3) is 0 Å². The fourth-order valence-electron chi connectivity index (χ4n) is 3.03. The Morgan fingerprint density at radius 1 is 1.38 bits per heavy atom. The van der Waals surface area contributed by atoms with E-state index >= 15 is 0 Å². The Labute approximate surface area is 151 Å². The Kier molecular flexibility index (Phi) is 4.30. The number of hydrogen-bond donors (Lipinski definition) is 1. The summed E-state index contributed by atoms with van der Waals surface area (Å²) in [6.07, 6.45) is 1.30. The maximum Gasteiger partial charge on any atom is 0.333 e. The van der Waals surface area contributed by atoms with Crippen molar-refractivity contribution in [2.24, 2.45) is 0 Å². The number of carbonyl (C=O) groups excluding carboxylic acids is 1. The molecule has 0 radical (unpaired) electrons. The fourth-order valence-corrected chi connectivity index (χ4v) is 3.03. The Bertz CT molecular complexity index is 980. The molecule has 0 saturated carbocycles. The molecule has 1 aliphatic heterocycles. The van der Waals surface area contributed by atoms with Crippen molar-refractivity contribution < 1.29 is 23.8 Å². The van der Waals surface area contributed by atoms with Gasteiger partial charge in [0, 0.05) is 29.7 Å². The molecule has 0 aliphatic carbocycles. The summed E-state index contributed by atoms with van der Waals surface area (Å²) in [6, 6.07) is 2.94. The SMILES string of the molecule is C/C=C(\C)C(=O)O[C@H]1Cc2c(cc3oc(C)cc(=O)c3c2O)OC1(C)C. The third kappa shape index (κ3) is 2.96. The van der Waals surface area contributed by atoms with E-state index in [1.54, 1.807) is 32.9 Å². The smallest absolute Gasteiger partial charge is 0.333 e. The van der Waals surface area contributed by atoms with Crippen molar-refractivity contribution in [2.45, 2.75) is 52.7 Å². The normalized spacial score (nSPS) is 19.0. The van der Waals surface area contributed by atoms with Gasteiger partial charge in [-0.2, -0.15) is 0 Å². The predicted octanol–water partition coefficient (Wildman–Crippen LogP) is 3.40. The van der Waals surface area contributed by atoms with Crippen molar-refractivity contribution in [2.75, 3.05) is 0 Å². The second-order valence-electron chi connectivity index (χ2n) is 7.07. The first kappa shape index (κ1) is 18.0. The Balaban J connectivity index is 2.09. The lowest BCUT2D eigenvalue weighted by Gasteiger charge is -2.39. The van der Waals surface area contributed by atoms with Crippen LogP contribution in [0.1, 0.15) is 39.0 Å². The first-order valence-electron chi connectivity index (χ1n) is 8.46. The van der Waals surface area contributed by atoms with Crippen molar-refractivity contribution in [3.8, 4) is 11.5 Å². The minimum atomic E-state index is -0.805. The number of ether oxygens (including phenoxy) is 2. The molecule has 0 fully saturated rings. The van der Waals surface area contributed by atoms with Crippen LogP contribution in [0, 0.1) is 6.92 Å². The number of rotatable bonds is 2. The van der Waals surface area contributed by atoms with Crippen LogP contribution in [0.3, 0.4) is 0 Å². The van der Waals surface area contributed by atoms with Crippen molar-refractivity contribution in [1.29, 1.82) is 0 Å². The van der Waals surface area contributed by atoms with E-state index in [0.29, 0.717) is 22.6 Å². The monoisotopic (exact) mass is 358 g/mol. The van der Waals surface area contributed by atoms with E-state index in [2.05, 4.69) is 0 Å². The molecule has 2 heterocycles. The number of allylic oxidation sites excluding steroid dienone is 1. The van der Waals surface area contributed by atoms with Crippen LogP contribution >= 0.6 is 0 Å². The highest BCUT2D eigenvalue weighted by molar-refractivity contribution is 5.88. The zero-order valence-corrected chi connectivity index (χ0v) is 15.5. The van der Waals surface area contributed by atoms with Gasteiger partial charge in [-0.05, 0) is 34.6 Å². The van der Waals surface area contributed by atoms with Crippen LogP contribution in [0.2, 0.25) is 0 Å². The number of phenols is 1. The summed E-state index contributed by atoms with van der Waals surface area (Å²) in [6.45, 7) is 8.72. The van der Waals surface area contributed by atoms with E-state index in [0.717, 1.165) is 0 Å². The third-order valence-corrected chi connectivity index (χ3v) is 4.72. The van der Waals surface area contributed by atoms with Crippen LogP contribution in [-0.4, -0.2) is 22.8 Å². The number of fused-ring (bicyclic) bond motifs is 2. The number of hydrogen-bond acceptors (Lipinski definition) is 6. The Morgan fingerprint density at radius 2 is 2.08 bits per heavy atom. The molecular formula is C20H22O6. The summed E-state index contributed by atoms with van der Waals surface area (Å²) in [5.74, 6) is 0.243. The van der Waals surface area contributed by atoms with Crippen LogP contribution in [0.5, 0.6) is 11.5 Å². The van der Waals surface area contributed by atoms with Gasteiger partial charge in [-0.3, -0.25) is 4.79 Å². The Morgan fingerprint density at radius 3 is 2.73 bits per heavy atom. The van der Waals surface area contributed by atoms with E-state index in [9.17, 15) is 14.7 Å². The fraction of sp³-hybridized carbons (Fsp3) is 0.400. The van der Waals surface area contributed by atoms with Crippen LogP contribution in [-0.2, 0) is 16.0 Å². The summed E-state index contributed by atoms with van der Waals surface area (Å²) < 4.78 is 17.1. The van der Waals surface area contributed by atoms with Gasteiger partial charge in [-0.1, -0.05) is 6.08 Å². The molecule has 2 aromatic rings. The first-order valence-corrected chi connectivity index (χ1v) is 8.46. The summed E-state index contributed by atoms with van der Waals surface area (Å²) in [4.78, 5) is 24.4. The molecule has 3 rings (SSSR count). The molecule has 0 saturated heterocycles. The van der Waals surface area contributed by atoms with E-state index < -0.39 is 17.7 Å². The van der Waals surface area contributed by atoms with E-state index in [1.807, 2.05) is 13.8 Å². The average molecular weight is 358 g/mol. The predicted molar refractivity (Wildman–Crippen MR) is 96.6 cm³/mol. The van der Waals surface area contributed by atoms with Crippen molar-refractivity contribution in [1.82, 2.24) is 0 Å². The highest BCUT2D eigenvalue weighted by Gasteiger charge is 2.41. The number of esters is 1. The zero-order chi connectivity index (χ0) is 19.2. The van der Waals surface area contributed by atoms with Gasteiger partial charge in [0.2, 0.25) is 0 Å². The quantitative estimate of drug-likeness (QED) is 0.654. The number of aryl methyl sites for hydroxylation is 1. The molecule has 1 N–H and O–H groups in total. The number of benzene rings is 1. The van der Waals surface area contributed by atoms with Crippen molar-refractivity contribution >= 4 is 16.9 Å². The van der Waals surface area contributed by atoms with Crippen LogP contribution in [0.15, 0.2) is 33.0 Å². The molecule has 0 bridgehead atoms. The topological polar surface area (TPSA) is 86.0 Å². The highest BCUT2D eigenvalue weighted by atomic mass is 16.6. The van der Waals surface area contributed by atoms with Gasteiger partial charge in [-0.15, -0.1) is 0 Å². The van der Waals surface area contributed by atoms with Crippen molar-refractivity contribution in [3.05, 3.63) is 45.3 Å². The standard InChI is InChI=1S/C20H22O6/c1-6-10(2)19(23)25-16-8-12-14(26-20(16,4)5)9-15-17(18(12)22)13(21)7-11(3)24-15/h6-7,9,16,22H,8H2,1-5H3/b10-6+/t16-/m0/s1. The molecule has 1 aliphatic rings. The van der Waals surface area contributed by atoms with Gasteiger partial charge < -0.3 is 19.0 Å². The minimum absolute atomic E-state index is 0.104. The number of aromatic hydroxyl groups is 1. The maximum absolute atomic E-state index is 12.3. The molecule has 6 nitrogen and oxygen atoms in total. The largest absolute Gasteiger partial charge is 0.507 e.